The van der Waals surface area contributed by atoms with Crippen molar-refractivity contribution in [3.63, 3.8) is 0 Å². The maximum absolute atomic E-state index is 13.6. The molecule has 0 spiro atoms. The van der Waals surface area contributed by atoms with Gasteiger partial charge in [0.25, 0.3) is 5.91 Å². The third kappa shape index (κ3) is 4.24. The van der Waals surface area contributed by atoms with Crippen LogP contribution in [0.3, 0.4) is 0 Å². The second-order valence-corrected chi connectivity index (χ2v) is 8.85. The highest BCUT2D eigenvalue weighted by molar-refractivity contribution is 6.34. The molecular formula is C25H22Cl2N4O. The van der Waals surface area contributed by atoms with Gasteiger partial charge in [-0.3, -0.25) is 14.7 Å². The van der Waals surface area contributed by atoms with Gasteiger partial charge in [0.15, 0.2) is 0 Å². The highest BCUT2D eigenvalue weighted by atomic mass is 35.5. The molecule has 2 aromatic heterocycles. The summed E-state index contributed by atoms with van der Waals surface area (Å²) in [6.45, 7) is 3.89. The molecular weight excluding hydrogens is 443 g/mol. The van der Waals surface area contributed by atoms with E-state index in [2.05, 4.69) is 9.88 Å². The van der Waals surface area contributed by atoms with Gasteiger partial charge >= 0.3 is 0 Å². The van der Waals surface area contributed by atoms with Gasteiger partial charge in [0.2, 0.25) is 0 Å². The molecule has 1 fully saturated rings. The molecule has 0 aliphatic carbocycles. The minimum atomic E-state index is 0.0147. The Morgan fingerprint density at radius 3 is 2.28 bits per heavy atom. The molecule has 1 saturated heterocycles. The highest BCUT2D eigenvalue weighted by Crippen LogP contribution is 2.29. The lowest BCUT2D eigenvalue weighted by Crippen LogP contribution is -2.48. The van der Waals surface area contributed by atoms with Crippen LogP contribution in [0.5, 0.6) is 0 Å². The number of halogens is 2. The third-order valence-electron chi connectivity index (χ3n) is 5.85. The number of amides is 1. The van der Waals surface area contributed by atoms with Gasteiger partial charge in [-0.1, -0.05) is 41.4 Å². The van der Waals surface area contributed by atoms with Crippen LogP contribution in [-0.2, 0) is 6.54 Å². The van der Waals surface area contributed by atoms with Crippen molar-refractivity contribution in [2.45, 2.75) is 6.54 Å². The molecule has 5 rings (SSSR count). The van der Waals surface area contributed by atoms with Gasteiger partial charge in [-0.05, 0) is 48.0 Å². The van der Waals surface area contributed by atoms with Gasteiger partial charge in [-0.15, -0.1) is 0 Å². The molecule has 0 unspecified atom stereocenters. The SMILES string of the molecule is O=C(c1cc2ccccc2n1-c1cc(Cl)cc(Cl)c1)N1CCN(Cc2ccncc2)CC1. The summed E-state index contributed by atoms with van der Waals surface area (Å²) in [4.78, 5) is 22.0. The first-order valence-corrected chi connectivity index (χ1v) is 11.3. The van der Waals surface area contributed by atoms with Crippen LogP contribution >= 0.6 is 23.2 Å². The van der Waals surface area contributed by atoms with Crippen molar-refractivity contribution in [1.82, 2.24) is 19.4 Å². The fourth-order valence-corrected chi connectivity index (χ4v) is 4.79. The maximum atomic E-state index is 13.6. The fourth-order valence-electron chi connectivity index (χ4n) is 4.28. The number of para-hydroxylation sites is 1. The predicted octanol–water partition coefficient (Wildman–Crippen LogP) is 5.29. The minimum absolute atomic E-state index is 0.0147. The van der Waals surface area contributed by atoms with Gasteiger partial charge < -0.3 is 9.47 Å². The zero-order valence-corrected chi connectivity index (χ0v) is 18.9. The molecule has 0 N–H and O–H groups in total. The Balaban J connectivity index is 1.42. The van der Waals surface area contributed by atoms with Crippen molar-refractivity contribution in [3.8, 4) is 5.69 Å². The first kappa shape index (κ1) is 21.0. The quantitative estimate of drug-likeness (QED) is 0.411. The van der Waals surface area contributed by atoms with Crippen LogP contribution in [0, 0.1) is 0 Å². The number of carbonyl (C=O) groups is 1. The lowest BCUT2D eigenvalue weighted by Gasteiger charge is -2.35. The Labute approximate surface area is 196 Å². The van der Waals surface area contributed by atoms with Crippen LogP contribution in [0.25, 0.3) is 16.6 Å². The first-order chi connectivity index (χ1) is 15.6. The van der Waals surface area contributed by atoms with E-state index < -0.39 is 0 Å². The lowest BCUT2D eigenvalue weighted by atomic mass is 10.2. The van der Waals surface area contributed by atoms with E-state index in [0.717, 1.165) is 36.2 Å². The van der Waals surface area contributed by atoms with Crippen LogP contribution < -0.4 is 0 Å². The molecule has 0 saturated carbocycles. The van der Waals surface area contributed by atoms with Gasteiger partial charge in [-0.25, -0.2) is 0 Å². The van der Waals surface area contributed by atoms with Gasteiger partial charge in [-0.2, -0.15) is 0 Å². The van der Waals surface area contributed by atoms with E-state index in [1.165, 1.54) is 5.56 Å². The number of pyridine rings is 1. The summed E-state index contributed by atoms with van der Waals surface area (Å²) in [5, 5.41) is 2.07. The topological polar surface area (TPSA) is 41.4 Å². The molecule has 162 valence electrons. The molecule has 0 bridgehead atoms. The van der Waals surface area contributed by atoms with E-state index in [-0.39, 0.29) is 5.91 Å². The molecule has 0 atom stereocenters. The van der Waals surface area contributed by atoms with Gasteiger partial charge in [0.1, 0.15) is 5.69 Å². The number of fused-ring (bicyclic) bond motifs is 1. The Morgan fingerprint density at radius 2 is 1.56 bits per heavy atom. The largest absolute Gasteiger partial charge is 0.335 e. The molecule has 1 amide bonds. The summed E-state index contributed by atoms with van der Waals surface area (Å²) in [6.07, 6.45) is 3.63. The number of hydrogen-bond donors (Lipinski definition) is 0. The van der Waals surface area contributed by atoms with Crippen LogP contribution in [0.2, 0.25) is 10.0 Å². The molecule has 2 aromatic carbocycles. The summed E-state index contributed by atoms with van der Waals surface area (Å²) in [5.41, 5.74) is 3.58. The zero-order valence-electron chi connectivity index (χ0n) is 17.4. The second-order valence-electron chi connectivity index (χ2n) is 7.98. The lowest BCUT2D eigenvalue weighted by molar-refractivity contribution is 0.0621. The van der Waals surface area contributed by atoms with Crippen molar-refractivity contribution >= 4 is 40.0 Å². The fraction of sp³-hybridized carbons (Fsp3) is 0.200. The Hall–Kier alpha value is -2.86. The van der Waals surface area contributed by atoms with Gasteiger partial charge in [0, 0.05) is 66.2 Å². The van der Waals surface area contributed by atoms with Crippen LogP contribution in [0.1, 0.15) is 16.1 Å². The Morgan fingerprint density at radius 1 is 0.875 bits per heavy atom. The summed E-state index contributed by atoms with van der Waals surface area (Å²) in [6, 6.07) is 19.4. The van der Waals surface area contributed by atoms with E-state index >= 15 is 0 Å². The molecule has 1 aliphatic rings. The normalized spacial score (nSPS) is 14.8. The average Bonchev–Trinajstić information content (AvgIpc) is 3.19. The first-order valence-electron chi connectivity index (χ1n) is 10.6. The summed E-state index contributed by atoms with van der Waals surface area (Å²) < 4.78 is 1.96. The molecule has 0 radical (unpaired) electrons. The van der Waals surface area contributed by atoms with E-state index in [9.17, 15) is 4.79 Å². The molecule has 5 nitrogen and oxygen atoms in total. The summed E-state index contributed by atoms with van der Waals surface area (Å²) in [5.74, 6) is 0.0147. The minimum Gasteiger partial charge on any atom is -0.335 e. The number of piperazine rings is 1. The Bertz CT molecular complexity index is 1240. The van der Waals surface area contributed by atoms with Gasteiger partial charge in [0.05, 0.1) is 5.52 Å². The number of rotatable bonds is 4. The van der Waals surface area contributed by atoms with Crippen LogP contribution in [0.4, 0.5) is 0 Å². The van der Waals surface area contributed by atoms with E-state index in [0.29, 0.717) is 28.8 Å². The van der Waals surface area contributed by atoms with E-state index in [4.69, 9.17) is 23.2 Å². The smallest absolute Gasteiger partial charge is 0.270 e. The molecule has 4 aromatic rings. The number of hydrogen-bond acceptors (Lipinski definition) is 3. The number of carbonyl (C=O) groups excluding carboxylic acids is 1. The van der Waals surface area contributed by atoms with Crippen molar-refractivity contribution in [2.24, 2.45) is 0 Å². The van der Waals surface area contributed by atoms with Crippen molar-refractivity contribution in [1.29, 1.82) is 0 Å². The standard InChI is InChI=1S/C25H22Cl2N4O/c26-20-14-21(27)16-22(15-20)31-23-4-2-1-3-19(23)13-24(31)25(32)30-11-9-29(10-12-30)17-18-5-7-28-8-6-18/h1-8,13-16H,9-12,17H2. The molecule has 1 aliphatic heterocycles. The molecule has 3 heterocycles. The monoisotopic (exact) mass is 464 g/mol. The van der Waals surface area contributed by atoms with Crippen molar-refractivity contribution in [3.05, 3.63) is 94.4 Å². The van der Waals surface area contributed by atoms with E-state index in [1.54, 1.807) is 6.07 Å². The second kappa shape index (κ2) is 8.94. The highest BCUT2D eigenvalue weighted by Gasteiger charge is 2.26. The van der Waals surface area contributed by atoms with Crippen LogP contribution in [0.15, 0.2) is 73.1 Å². The van der Waals surface area contributed by atoms with Crippen molar-refractivity contribution < 1.29 is 4.79 Å². The van der Waals surface area contributed by atoms with Crippen LogP contribution in [-0.4, -0.2) is 51.4 Å². The summed E-state index contributed by atoms with van der Waals surface area (Å²) in [7, 11) is 0. The number of aromatic nitrogens is 2. The number of benzene rings is 2. The number of nitrogens with zero attached hydrogens (tertiary/aromatic N) is 4. The predicted molar refractivity (Wildman–Crippen MR) is 129 cm³/mol. The Kier molecular flexibility index (Phi) is 5.87. The average molecular weight is 465 g/mol. The summed E-state index contributed by atoms with van der Waals surface area (Å²) >= 11 is 12.6. The zero-order chi connectivity index (χ0) is 22.1. The van der Waals surface area contributed by atoms with Crippen molar-refractivity contribution in [2.75, 3.05) is 26.2 Å². The molecule has 7 heteroatoms. The third-order valence-corrected chi connectivity index (χ3v) is 6.29. The maximum Gasteiger partial charge on any atom is 0.270 e. The molecule has 32 heavy (non-hydrogen) atoms. The van der Waals surface area contributed by atoms with E-state index in [1.807, 2.05) is 76.5 Å².